The summed E-state index contributed by atoms with van der Waals surface area (Å²) in [6, 6.07) is 8.43. The fourth-order valence-corrected chi connectivity index (χ4v) is 2.24. The van der Waals surface area contributed by atoms with Gasteiger partial charge < -0.3 is 10.3 Å². The van der Waals surface area contributed by atoms with Crippen molar-refractivity contribution in [2.24, 2.45) is 0 Å². The predicted molar refractivity (Wildman–Crippen MR) is 75.5 cm³/mol. The molecule has 0 aliphatic carbocycles. The molecule has 1 unspecified atom stereocenters. The van der Waals surface area contributed by atoms with E-state index in [0.717, 1.165) is 23.4 Å². The van der Waals surface area contributed by atoms with E-state index >= 15 is 0 Å². The van der Waals surface area contributed by atoms with Crippen LogP contribution in [0.2, 0.25) is 0 Å². The first kappa shape index (κ1) is 12.5. The van der Waals surface area contributed by atoms with Crippen molar-refractivity contribution >= 4 is 22.8 Å². The van der Waals surface area contributed by atoms with Crippen molar-refractivity contribution < 1.29 is 0 Å². The topological polar surface area (TPSA) is 40.7 Å². The Morgan fingerprint density at radius 3 is 3.00 bits per heavy atom. The number of aromatic nitrogens is 2. The molecule has 0 fully saturated rings. The molecule has 2 aromatic rings. The molecule has 17 heavy (non-hydrogen) atoms. The minimum Gasteiger partial charge on any atom is -0.341 e. The van der Waals surface area contributed by atoms with E-state index in [1.54, 1.807) is 0 Å². The number of thioether (sulfide) groups is 1. The standard InChI is InChI=1S/C13H19N3S/c1-10(14-8-5-9-17-2)13-15-11-6-3-4-7-12(11)16-13/h3-4,6-7,10,14H,5,8-9H2,1-2H3,(H,15,16). The fraction of sp³-hybridized carbons (Fsp3) is 0.462. The third kappa shape index (κ3) is 3.23. The lowest BCUT2D eigenvalue weighted by atomic mass is 10.3. The number of para-hydroxylation sites is 2. The number of imidazole rings is 1. The Morgan fingerprint density at radius 1 is 1.41 bits per heavy atom. The van der Waals surface area contributed by atoms with Crippen LogP contribution in [0, 0.1) is 0 Å². The van der Waals surface area contributed by atoms with Crippen LogP contribution < -0.4 is 5.32 Å². The van der Waals surface area contributed by atoms with Gasteiger partial charge in [-0.05, 0) is 44.0 Å². The van der Waals surface area contributed by atoms with Gasteiger partial charge in [0.25, 0.3) is 0 Å². The largest absolute Gasteiger partial charge is 0.341 e. The van der Waals surface area contributed by atoms with Gasteiger partial charge in [0, 0.05) is 0 Å². The summed E-state index contributed by atoms with van der Waals surface area (Å²) >= 11 is 1.89. The molecule has 1 aromatic carbocycles. The Labute approximate surface area is 106 Å². The molecule has 0 aliphatic rings. The number of rotatable bonds is 6. The number of fused-ring (bicyclic) bond motifs is 1. The zero-order valence-corrected chi connectivity index (χ0v) is 11.2. The van der Waals surface area contributed by atoms with Gasteiger partial charge in [-0.1, -0.05) is 12.1 Å². The molecule has 0 amide bonds. The van der Waals surface area contributed by atoms with Crippen LogP contribution in [-0.2, 0) is 0 Å². The van der Waals surface area contributed by atoms with Crippen LogP contribution >= 0.6 is 11.8 Å². The lowest BCUT2D eigenvalue weighted by molar-refractivity contribution is 0.551. The smallest absolute Gasteiger partial charge is 0.124 e. The molecule has 1 aromatic heterocycles. The summed E-state index contributed by atoms with van der Waals surface area (Å²) in [5.74, 6) is 2.23. The summed E-state index contributed by atoms with van der Waals surface area (Å²) in [6.07, 6.45) is 3.34. The average Bonchev–Trinajstić information content (AvgIpc) is 2.78. The zero-order valence-electron chi connectivity index (χ0n) is 10.4. The second kappa shape index (κ2) is 6.07. The minimum absolute atomic E-state index is 0.282. The van der Waals surface area contributed by atoms with Gasteiger partial charge in [0.1, 0.15) is 5.82 Å². The van der Waals surface area contributed by atoms with E-state index in [2.05, 4.69) is 34.5 Å². The summed E-state index contributed by atoms with van der Waals surface area (Å²) in [5, 5.41) is 3.49. The first-order valence-corrected chi connectivity index (χ1v) is 7.37. The molecule has 0 spiro atoms. The fourth-order valence-electron chi connectivity index (χ4n) is 1.81. The molecule has 4 heteroatoms. The van der Waals surface area contributed by atoms with E-state index in [4.69, 9.17) is 0 Å². The Bertz CT molecular complexity index is 433. The lowest BCUT2D eigenvalue weighted by Gasteiger charge is -2.10. The molecule has 0 saturated carbocycles. The van der Waals surface area contributed by atoms with Gasteiger partial charge in [0.15, 0.2) is 0 Å². The van der Waals surface area contributed by atoms with Crippen molar-refractivity contribution in [1.82, 2.24) is 15.3 Å². The molecule has 0 radical (unpaired) electrons. The first-order chi connectivity index (χ1) is 8.31. The third-order valence-corrected chi connectivity index (χ3v) is 3.49. The van der Waals surface area contributed by atoms with Crippen LogP contribution in [0.1, 0.15) is 25.2 Å². The highest BCUT2D eigenvalue weighted by Crippen LogP contribution is 2.15. The molecule has 2 N–H and O–H groups in total. The van der Waals surface area contributed by atoms with E-state index < -0.39 is 0 Å². The number of nitrogens with one attached hydrogen (secondary N) is 2. The molecular weight excluding hydrogens is 230 g/mol. The summed E-state index contributed by atoms with van der Waals surface area (Å²) in [6.45, 7) is 3.19. The molecule has 1 heterocycles. The van der Waals surface area contributed by atoms with E-state index in [1.165, 1.54) is 12.2 Å². The second-order valence-electron chi connectivity index (χ2n) is 4.16. The zero-order chi connectivity index (χ0) is 12.1. The summed E-state index contributed by atoms with van der Waals surface area (Å²) < 4.78 is 0. The van der Waals surface area contributed by atoms with E-state index in [9.17, 15) is 0 Å². The quantitative estimate of drug-likeness (QED) is 0.773. The molecule has 2 rings (SSSR count). The Balaban J connectivity index is 1.96. The van der Waals surface area contributed by atoms with Crippen molar-refractivity contribution in [3.8, 4) is 0 Å². The number of hydrogen-bond donors (Lipinski definition) is 2. The van der Waals surface area contributed by atoms with Crippen molar-refractivity contribution in [1.29, 1.82) is 0 Å². The van der Waals surface area contributed by atoms with E-state index in [-0.39, 0.29) is 6.04 Å². The normalized spacial score (nSPS) is 13.1. The predicted octanol–water partition coefficient (Wildman–Crippen LogP) is 2.97. The number of benzene rings is 1. The van der Waals surface area contributed by atoms with Gasteiger partial charge in [0.2, 0.25) is 0 Å². The molecular formula is C13H19N3S. The summed E-state index contributed by atoms with van der Waals surface area (Å²) in [5.41, 5.74) is 2.15. The maximum Gasteiger partial charge on any atom is 0.124 e. The first-order valence-electron chi connectivity index (χ1n) is 5.98. The average molecular weight is 249 g/mol. The maximum atomic E-state index is 4.59. The maximum absolute atomic E-state index is 4.59. The van der Waals surface area contributed by atoms with Gasteiger partial charge in [-0.2, -0.15) is 11.8 Å². The lowest BCUT2D eigenvalue weighted by Crippen LogP contribution is -2.21. The van der Waals surface area contributed by atoms with Crippen LogP contribution in [0.15, 0.2) is 24.3 Å². The Hall–Kier alpha value is -1.00. The van der Waals surface area contributed by atoms with E-state index in [0.29, 0.717) is 0 Å². The SMILES string of the molecule is CSCCCNC(C)c1nc2ccccc2[nH]1. The Kier molecular flexibility index (Phi) is 4.45. The van der Waals surface area contributed by atoms with Crippen molar-refractivity contribution in [3.63, 3.8) is 0 Å². The molecule has 0 aliphatic heterocycles. The van der Waals surface area contributed by atoms with Gasteiger partial charge in [-0.15, -0.1) is 0 Å². The molecule has 0 bridgehead atoms. The van der Waals surface area contributed by atoms with Gasteiger partial charge >= 0.3 is 0 Å². The highest BCUT2D eigenvalue weighted by Gasteiger charge is 2.09. The number of nitrogens with zero attached hydrogens (tertiary/aromatic N) is 1. The second-order valence-corrected chi connectivity index (χ2v) is 5.15. The van der Waals surface area contributed by atoms with Crippen LogP contribution in [-0.4, -0.2) is 28.5 Å². The highest BCUT2D eigenvalue weighted by molar-refractivity contribution is 7.98. The van der Waals surface area contributed by atoms with Crippen LogP contribution in [0.3, 0.4) is 0 Å². The monoisotopic (exact) mass is 249 g/mol. The molecule has 1 atom stereocenters. The van der Waals surface area contributed by atoms with Gasteiger partial charge in [0.05, 0.1) is 17.1 Å². The summed E-state index contributed by atoms with van der Waals surface area (Å²) in [4.78, 5) is 7.95. The minimum atomic E-state index is 0.282. The van der Waals surface area contributed by atoms with Crippen LogP contribution in [0.4, 0.5) is 0 Å². The highest BCUT2D eigenvalue weighted by atomic mass is 32.2. The third-order valence-electron chi connectivity index (χ3n) is 2.79. The van der Waals surface area contributed by atoms with Crippen molar-refractivity contribution in [3.05, 3.63) is 30.1 Å². The number of H-pyrrole nitrogens is 1. The van der Waals surface area contributed by atoms with Crippen molar-refractivity contribution in [2.45, 2.75) is 19.4 Å². The number of aromatic amines is 1. The van der Waals surface area contributed by atoms with Gasteiger partial charge in [-0.25, -0.2) is 4.98 Å². The van der Waals surface area contributed by atoms with Crippen molar-refractivity contribution in [2.75, 3.05) is 18.6 Å². The molecule has 92 valence electrons. The molecule has 0 saturated heterocycles. The number of hydrogen-bond acceptors (Lipinski definition) is 3. The van der Waals surface area contributed by atoms with E-state index in [1.807, 2.05) is 30.0 Å². The Morgan fingerprint density at radius 2 is 2.24 bits per heavy atom. The summed E-state index contributed by atoms with van der Waals surface area (Å²) in [7, 11) is 0. The van der Waals surface area contributed by atoms with Crippen LogP contribution in [0.5, 0.6) is 0 Å². The molecule has 3 nitrogen and oxygen atoms in total. The van der Waals surface area contributed by atoms with Crippen LogP contribution in [0.25, 0.3) is 11.0 Å². The van der Waals surface area contributed by atoms with Gasteiger partial charge in [-0.3, -0.25) is 0 Å².